The van der Waals surface area contributed by atoms with Crippen LogP contribution >= 0.6 is 0 Å². The van der Waals surface area contributed by atoms with Gasteiger partial charge in [0, 0.05) is 32.7 Å². The van der Waals surface area contributed by atoms with Crippen LogP contribution in [0.2, 0.25) is 0 Å². The first-order chi connectivity index (χ1) is 9.20. The summed E-state index contributed by atoms with van der Waals surface area (Å²) in [4.78, 5) is 16.1. The van der Waals surface area contributed by atoms with Gasteiger partial charge in [0.15, 0.2) is 0 Å². The molecular formula is C15H23N3O. The van der Waals surface area contributed by atoms with Crippen molar-refractivity contribution in [3.63, 3.8) is 0 Å². The number of hydrogen-bond acceptors (Lipinski definition) is 3. The van der Waals surface area contributed by atoms with Gasteiger partial charge in [-0.3, -0.25) is 9.69 Å². The summed E-state index contributed by atoms with van der Waals surface area (Å²) in [5.74, 6) is 0.201. The molecule has 0 bridgehead atoms. The highest BCUT2D eigenvalue weighted by Gasteiger charge is 2.29. The van der Waals surface area contributed by atoms with Gasteiger partial charge in [0.25, 0.3) is 0 Å². The second-order valence-electron chi connectivity index (χ2n) is 5.22. The molecule has 0 spiro atoms. The summed E-state index contributed by atoms with van der Waals surface area (Å²) in [5, 5.41) is 0. The standard InChI is InChI=1S/C15H23N3O/c1-17(14-7-8-14)15(19)12-18(10-9-16)11-13-5-3-2-4-6-13/h2-6,14H,7-12,16H2,1H3. The Balaban J connectivity index is 1.89. The molecule has 1 amide bonds. The van der Waals surface area contributed by atoms with E-state index in [0.29, 0.717) is 19.1 Å². The number of amides is 1. The Kier molecular flexibility index (Phi) is 4.93. The Bertz CT molecular complexity index is 403. The lowest BCUT2D eigenvalue weighted by Gasteiger charge is -2.24. The minimum Gasteiger partial charge on any atom is -0.342 e. The number of benzene rings is 1. The number of hydrogen-bond donors (Lipinski definition) is 1. The molecule has 0 radical (unpaired) electrons. The van der Waals surface area contributed by atoms with E-state index < -0.39 is 0 Å². The molecule has 0 atom stereocenters. The SMILES string of the molecule is CN(C(=O)CN(CCN)Cc1ccccc1)C1CC1. The van der Waals surface area contributed by atoms with Crippen molar-refractivity contribution < 1.29 is 4.79 Å². The molecule has 1 aromatic carbocycles. The van der Waals surface area contributed by atoms with E-state index in [1.54, 1.807) is 0 Å². The van der Waals surface area contributed by atoms with Crippen molar-refractivity contribution in [1.29, 1.82) is 0 Å². The first kappa shape index (κ1) is 14.0. The van der Waals surface area contributed by atoms with Crippen LogP contribution in [0.3, 0.4) is 0 Å². The summed E-state index contributed by atoms with van der Waals surface area (Å²) in [6.07, 6.45) is 2.30. The van der Waals surface area contributed by atoms with Crippen molar-refractivity contribution >= 4 is 5.91 Å². The fraction of sp³-hybridized carbons (Fsp3) is 0.533. The highest BCUT2D eigenvalue weighted by molar-refractivity contribution is 5.78. The molecule has 1 aliphatic carbocycles. The fourth-order valence-corrected chi connectivity index (χ4v) is 2.21. The topological polar surface area (TPSA) is 49.6 Å². The summed E-state index contributed by atoms with van der Waals surface area (Å²) < 4.78 is 0. The second kappa shape index (κ2) is 6.68. The summed E-state index contributed by atoms with van der Waals surface area (Å²) >= 11 is 0. The van der Waals surface area contributed by atoms with Gasteiger partial charge in [-0.2, -0.15) is 0 Å². The smallest absolute Gasteiger partial charge is 0.236 e. The van der Waals surface area contributed by atoms with Crippen LogP contribution in [0.4, 0.5) is 0 Å². The van der Waals surface area contributed by atoms with Crippen LogP contribution in [0.5, 0.6) is 0 Å². The quantitative estimate of drug-likeness (QED) is 0.798. The molecule has 4 nitrogen and oxygen atoms in total. The molecule has 0 unspecified atom stereocenters. The number of likely N-dealkylation sites (N-methyl/N-ethyl adjacent to an activating group) is 1. The van der Waals surface area contributed by atoms with Crippen molar-refractivity contribution in [3.8, 4) is 0 Å². The van der Waals surface area contributed by atoms with E-state index in [1.165, 1.54) is 5.56 Å². The van der Waals surface area contributed by atoms with Gasteiger partial charge in [0.2, 0.25) is 5.91 Å². The van der Waals surface area contributed by atoms with E-state index in [2.05, 4.69) is 17.0 Å². The van der Waals surface area contributed by atoms with Gasteiger partial charge in [-0.1, -0.05) is 30.3 Å². The van der Waals surface area contributed by atoms with E-state index >= 15 is 0 Å². The number of nitrogens with two attached hydrogens (primary N) is 1. The third kappa shape index (κ3) is 4.33. The van der Waals surface area contributed by atoms with E-state index in [4.69, 9.17) is 5.73 Å². The van der Waals surface area contributed by atoms with Gasteiger partial charge in [-0.25, -0.2) is 0 Å². The van der Waals surface area contributed by atoms with Crippen LogP contribution in [0.25, 0.3) is 0 Å². The molecule has 104 valence electrons. The van der Waals surface area contributed by atoms with Crippen LogP contribution in [-0.4, -0.2) is 48.4 Å². The minimum absolute atomic E-state index is 0.201. The van der Waals surface area contributed by atoms with E-state index in [-0.39, 0.29) is 5.91 Å². The summed E-state index contributed by atoms with van der Waals surface area (Å²) in [7, 11) is 1.91. The first-order valence-electron chi connectivity index (χ1n) is 6.92. The summed E-state index contributed by atoms with van der Waals surface area (Å²) in [6, 6.07) is 10.7. The van der Waals surface area contributed by atoms with Crippen LogP contribution in [0.15, 0.2) is 30.3 Å². The lowest BCUT2D eigenvalue weighted by Crippen LogP contribution is -2.40. The molecule has 2 rings (SSSR count). The molecule has 4 heteroatoms. The number of carbonyl (C=O) groups excluding carboxylic acids is 1. The maximum Gasteiger partial charge on any atom is 0.236 e. The largest absolute Gasteiger partial charge is 0.342 e. The van der Waals surface area contributed by atoms with Gasteiger partial charge < -0.3 is 10.6 Å². The molecule has 0 saturated heterocycles. The van der Waals surface area contributed by atoms with Gasteiger partial charge in [-0.05, 0) is 18.4 Å². The highest BCUT2D eigenvalue weighted by Crippen LogP contribution is 2.25. The zero-order valence-electron chi connectivity index (χ0n) is 11.6. The molecule has 1 saturated carbocycles. The van der Waals surface area contributed by atoms with Crippen LogP contribution in [0.1, 0.15) is 18.4 Å². The van der Waals surface area contributed by atoms with Gasteiger partial charge >= 0.3 is 0 Å². The lowest BCUT2D eigenvalue weighted by molar-refractivity contribution is -0.131. The molecular weight excluding hydrogens is 238 g/mol. The Labute approximate surface area is 115 Å². The molecule has 1 fully saturated rings. The molecule has 1 aromatic rings. The molecule has 0 heterocycles. The van der Waals surface area contributed by atoms with Gasteiger partial charge in [0.1, 0.15) is 0 Å². The zero-order valence-corrected chi connectivity index (χ0v) is 11.6. The van der Waals surface area contributed by atoms with Crippen molar-refractivity contribution in [2.45, 2.75) is 25.4 Å². The van der Waals surface area contributed by atoms with Crippen molar-refractivity contribution in [1.82, 2.24) is 9.80 Å². The zero-order chi connectivity index (χ0) is 13.7. The lowest BCUT2D eigenvalue weighted by atomic mass is 10.2. The number of carbonyl (C=O) groups is 1. The Morgan fingerprint density at radius 2 is 2.00 bits per heavy atom. The number of nitrogens with zero attached hydrogens (tertiary/aromatic N) is 2. The molecule has 1 aliphatic rings. The normalized spacial score (nSPS) is 14.7. The predicted octanol–water partition coefficient (Wildman–Crippen LogP) is 1.07. The van der Waals surface area contributed by atoms with Crippen molar-refractivity contribution in [2.24, 2.45) is 5.73 Å². The third-order valence-electron chi connectivity index (χ3n) is 3.54. The highest BCUT2D eigenvalue weighted by atomic mass is 16.2. The Morgan fingerprint density at radius 1 is 1.32 bits per heavy atom. The van der Waals surface area contributed by atoms with Crippen LogP contribution in [-0.2, 0) is 11.3 Å². The Hall–Kier alpha value is -1.39. The summed E-state index contributed by atoms with van der Waals surface area (Å²) in [6.45, 7) is 2.56. The molecule has 19 heavy (non-hydrogen) atoms. The van der Waals surface area contributed by atoms with E-state index in [9.17, 15) is 4.79 Å². The fourth-order valence-electron chi connectivity index (χ4n) is 2.21. The maximum atomic E-state index is 12.1. The van der Waals surface area contributed by atoms with Gasteiger partial charge in [0.05, 0.1) is 6.54 Å². The second-order valence-corrected chi connectivity index (χ2v) is 5.22. The minimum atomic E-state index is 0.201. The maximum absolute atomic E-state index is 12.1. The average Bonchev–Trinajstić information content (AvgIpc) is 3.23. The first-order valence-corrected chi connectivity index (χ1v) is 6.92. The predicted molar refractivity (Wildman–Crippen MR) is 76.6 cm³/mol. The molecule has 0 aromatic heterocycles. The van der Waals surface area contributed by atoms with Crippen LogP contribution < -0.4 is 5.73 Å². The monoisotopic (exact) mass is 261 g/mol. The Morgan fingerprint density at radius 3 is 2.58 bits per heavy atom. The van der Waals surface area contributed by atoms with E-state index in [0.717, 1.165) is 25.9 Å². The average molecular weight is 261 g/mol. The van der Waals surface area contributed by atoms with Crippen molar-refractivity contribution in [3.05, 3.63) is 35.9 Å². The molecule has 2 N–H and O–H groups in total. The third-order valence-corrected chi connectivity index (χ3v) is 3.54. The van der Waals surface area contributed by atoms with Crippen LogP contribution in [0, 0.1) is 0 Å². The van der Waals surface area contributed by atoms with Crippen molar-refractivity contribution in [2.75, 3.05) is 26.7 Å². The number of rotatable bonds is 7. The van der Waals surface area contributed by atoms with E-state index in [1.807, 2.05) is 30.1 Å². The summed E-state index contributed by atoms with van der Waals surface area (Å²) in [5.41, 5.74) is 6.86. The molecule has 0 aliphatic heterocycles. The van der Waals surface area contributed by atoms with Gasteiger partial charge in [-0.15, -0.1) is 0 Å².